The van der Waals surface area contributed by atoms with E-state index < -0.39 is 10.0 Å². The third-order valence-corrected chi connectivity index (χ3v) is 5.57. The van der Waals surface area contributed by atoms with E-state index in [1.807, 2.05) is 0 Å². The molecule has 0 amide bonds. The summed E-state index contributed by atoms with van der Waals surface area (Å²) >= 11 is 0. The minimum atomic E-state index is -3.64. The number of sulfonamides is 1. The summed E-state index contributed by atoms with van der Waals surface area (Å²) < 4.78 is 26.5. The molecule has 1 aromatic carbocycles. The number of ketones is 1. The Bertz CT molecular complexity index is 597. The average molecular weight is 297 g/mol. The highest BCUT2D eigenvalue weighted by atomic mass is 32.2. The number of carbonyl (C=O) groups excluding carboxylic acids is 1. The van der Waals surface area contributed by atoms with Gasteiger partial charge in [0, 0.05) is 24.6 Å². The minimum absolute atomic E-state index is 0.0813. The molecule has 1 atom stereocenters. The van der Waals surface area contributed by atoms with Crippen molar-refractivity contribution in [1.82, 2.24) is 4.31 Å². The van der Waals surface area contributed by atoms with Crippen LogP contribution in [-0.4, -0.2) is 42.8 Å². The van der Waals surface area contributed by atoms with Crippen LogP contribution in [0.15, 0.2) is 29.2 Å². The molecule has 2 rings (SSSR count). The molecule has 1 aliphatic rings. The van der Waals surface area contributed by atoms with E-state index in [0.29, 0.717) is 24.9 Å². The van der Waals surface area contributed by atoms with Crippen LogP contribution >= 0.6 is 0 Å². The molecule has 0 bridgehead atoms. The van der Waals surface area contributed by atoms with Crippen LogP contribution in [0, 0.1) is 0 Å². The molecule has 0 aliphatic carbocycles. The van der Waals surface area contributed by atoms with Crippen LogP contribution in [0.4, 0.5) is 0 Å². The van der Waals surface area contributed by atoms with Gasteiger partial charge in [0.1, 0.15) is 0 Å². The zero-order chi connectivity index (χ0) is 14.8. The third kappa shape index (κ3) is 2.77. The van der Waals surface area contributed by atoms with Crippen LogP contribution in [0.2, 0.25) is 0 Å². The fourth-order valence-corrected chi connectivity index (χ4v) is 4.21. The standard InChI is InChI=1S/C14H19NO4S/c1-2-14(17)11-5-3-7-13(9-11)20(18,19)15-8-4-6-12(15)10-16/h3,5,7,9,12,16H,2,4,6,8,10H2,1H3/t12-/m1/s1. The Morgan fingerprint density at radius 2 is 2.20 bits per heavy atom. The second-order valence-electron chi connectivity index (χ2n) is 4.90. The predicted octanol–water partition coefficient (Wildman–Crippen LogP) is 1.42. The summed E-state index contributed by atoms with van der Waals surface area (Å²) in [5.74, 6) is -0.0813. The van der Waals surface area contributed by atoms with Crippen LogP contribution < -0.4 is 0 Å². The Balaban J connectivity index is 2.37. The fourth-order valence-electron chi connectivity index (χ4n) is 2.48. The summed E-state index contributed by atoms with van der Waals surface area (Å²) in [4.78, 5) is 11.8. The van der Waals surface area contributed by atoms with Crippen molar-refractivity contribution in [3.05, 3.63) is 29.8 Å². The number of hydrogen-bond donors (Lipinski definition) is 1. The monoisotopic (exact) mass is 297 g/mol. The maximum absolute atomic E-state index is 12.6. The Hall–Kier alpha value is -1.24. The van der Waals surface area contributed by atoms with Gasteiger partial charge in [0.2, 0.25) is 10.0 Å². The molecule has 0 radical (unpaired) electrons. The van der Waals surface area contributed by atoms with Crippen molar-refractivity contribution < 1.29 is 18.3 Å². The van der Waals surface area contributed by atoms with Crippen molar-refractivity contribution in [3.63, 3.8) is 0 Å². The molecule has 20 heavy (non-hydrogen) atoms. The summed E-state index contributed by atoms with van der Waals surface area (Å²) in [6, 6.07) is 5.77. The van der Waals surface area contributed by atoms with E-state index in [9.17, 15) is 18.3 Å². The molecule has 0 saturated carbocycles. The van der Waals surface area contributed by atoms with Crippen LogP contribution in [0.25, 0.3) is 0 Å². The van der Waals surface area contributed by atoms with E-state index >= 15 is 0 Å². The zero-order valence-corrected chi connectivity index (χ0v) is 12.3. The first-order chi connectivity index (χ1) is 9.50. The minimum Gasteiger partial charge on any atom is -0.395 e. The van der Waals surface area contributed by atoms with Gasteiger partial charge in [-0.05, 0) is 25.0 Å². The fraction of sp³-hybridized carbons (Fsp3) is 0.500. The van der Waals surface area contributed by atoms with Crippen molar-refractivity contribution in [2.45, 2.75) is 37.1 Å². The van der Waals surface area contributed by atoms with Gasteiger partial charge < -0.3 is 5.11 Å². The number of aliphatic hydroxyl groups is 1. The Kier molecular flexibility index (Phi) is 4.57. The van der Waals surface area contributed by atoms with E-state index in [2.05, 4.69) is 0 Å². The lowest BCUT2D eigenvalue weighted by Gasteiger charge is -2.22. The van der Waals surface area contributed by atoms with E-state index in [-0.39, 0.29) is 23.3 Å². The Morgan fingerprint density at radius 3 is 2.85 bits per heavy atom. The molecular weight excluding hydrogens is 278 g/mol. The third-order valence-electron chi connectivity index (χ3n) is 3.62. The maximum atomic E-state index is 12.6. The Labute approximate surface area is 119 Å². The maximum Gasteiger partial charge on any atom is 0.243 e. The number of aliphatic hydroxyl groups excluding tert-OH is 1. The lowest BCUT2D eigenvalue weighted by atomic mass is 10.1. The number of nitrogens with zero attached hydrogens (tertiary/aromatic N) is 1. The first kappa shape index (κ1) is 15.2. The van der Waals surface area contributed by atoms with Crippen molar-refractivity contribution >= 4 is 15.8 Å². The van der Waals surface area contributed by atoms with Crippen LogP contribution in [-0.2, 0) is 10.0 Å². The van der Waals surface area contributed by atoms with Gasteiger partial charge >= 0.3 is 0 Å². The largest absolute Gasteiger partial charge is 0.395 e. The first-order valence-corrected chi connectivity index (χ1v) is 8.20. The number of benzene rings is 1. The molecule has 1 aromatic rings. The molecule has 1 aliphatic heterocycles. The molecule has 5 nitrogen and oxygen atoms in total. The summed E-state index contributed by atoms with van der Waals surface area (Å²) in [5, 5.41) is 9.27. The van der Waals surface area contributed by atoms with Gasteiger partial charge in [-0.2, -0.15) is 4.31 Å². The molecule has 0 spiro atoms. The summed E-state index contributed by atoms with van der Waals surface area (Å²) in [7, 11) is -3.64. The van der Waals surface area contributed by atoms with E-state index in [1.165, 1.54) is 16.4 Å². The van der Waals surface area contributed by atoms with Gasteiger partial charge in [-0.1, -0.05) is 19.1 Å². The summed E-state index contributed by atoms with van der Waals surface area (Å²) in [5.41, 5.74) is 0.410. The van der Waals surface area contributed by atoms with Crippen molar-refractivity contribution in [3.8, 4) is 0 Å². The molecule has 0 unspecified atom stereocenters. The number of Topliss-reactive ketones (excluding diaryl/α,β-unsaturated/α-hetero) is 1. The highest BCUT2D eigenvalue weighted by Gasteiger charge is 2.34. The molecule has 1 fully saturated rings. The highest BCUT2D eigenvalue weighted by molar-refractivity contribution is 7.89. The van der Waals surface area contributed by atoms with Crippen LogP contribution in [0.5, 0.6) is 0 Å². The molecule has 1 N–H and O–H groups in total. The second-order valence-corrected chi connectivity index (χ2v) is 6.79. The SMILES string of the molecule is CCC(=O)c1cccc(S(=O)(=O)N2CCC[C@@H]2CO)c1. The lowest BCUT2D eigenvalue weighted by Crippen LogP contribution is -2.37. The number of hydrogen-bond acceptors (Lipinski definition) is 4. The Morgan fingerprint density at radius 1 is 1.45 bits per heavy atom. The van der Waals surface area contributed by atoms with Crippen molar-refractivity contribution in [2.24, 2.45) is 0 Å². The van der Waals surface area contributed by atoms with Crippen LogP contribution in [0.3, 0.4) is 0 Å². The zero-order valence-electron chi connectivity index (χ0n) is 11.4. The first-order valence-electron chi connectivity index (χ1n) is 6.76. The van der Waals surface area contributed by atoms with Gasteiger partial charge in [-0.15, -0.1) is 0 Å². The topological polar surface area (TPSA) is 74.7 Å². The van der Waals surface area contributed by atoms with Gasteiger partial charge in [0.15, 0.2) is 5.78 Å². The normalized spacial score (nSPS) is 20.2. The number of carbonyl (C=O) groups is 1. The van der Waals surface area contributed by atoms with E-state index in [4.69, 9.17) is 0 Å². The molecule has 1 saturated heterocycles. The van der Waals surface area contributed by atoms with Crippen LogP contribution in [0.1, 0.15) is 36.5 Å². The van der Waals surface area contributed by atoms with E-state index in [0.717, 1.165) is 6.42 Å². The lowest BCUT2D eigenvalue weighted by molar-refractivity contribution is 0.0988. The predicted molar refractivity (Wildman–Crippen MR) is 75.1 cm³/mol. The summed E-state index contributed by atoms with van der Waals surface area (Å²) in [6.07, 6.45) is 1.76. The number of rotatable bonds is 5. The molecule has 6 heteroatoms. The van der Waals surface area contributed by atoms with Crippen molar-refractivity contribution in [1.29, 1.82) is 0 Å². The smallest absolute Gasteiger partial charge is 0.243 e. The average Bonchev–Trinajstić information content (AvgIpc) is 2.95. The van der Waals surface area contributed by atoms with Gasteiger partial charge in [-0.25, -0.2) is 8.42 Å². The second kappa shape index (κ2) is 6.03. The van der Waals surface area contributed by atoms with Crippen molar-refractivity contribution in [2.75, 3.05) is 13.2 Å². The molecule has 0 aromatic heterocycles. The molecule has 110 valence electrons. The van der Waals surface area contributed by atoms with E-state index in [1.54, 1.807) is 19.1 Å². The van der Waals surface area contributed by atoms with Gasteiger partial charge in [0.25, 0.3) is 0 Å². The molecule has 1 heterocycles. The van der Waals surface area contributed by atoms with Gasteiger partial charge in [0.05, 0.1) is 11.5 Å². The summed E-state index contributed by atoms with van der Waals surface area (Å²) in [6.45, 7) is 1.98. The quantitative estimate of drug-likeness (QED) is 0.834. The van der Waals surface area contributed by atoms with Gasteiger partial charge in [-0.3, -0.25) is 4.79 Å². The highest BCUT2D eigenvalue weighted by Crippen LogP contribution is 2.26. The molecular formula is C14H19NO4S.